The number of benzene rings is 2. The van der Waals surface area contributed by atoms with E-state index in [2.05, 4.69) is 21.3 Å². The van der Waals surface area contributed by atoms with Crippen molar-refractivity contribution in [3.05, 3.63) is 71.8 Å². The number of rotatable bonds is 10. The molecule has 2 aromatic carbocycles. The summed E-state index contributed by atoms with van der Waals surface area (Å²) in [6.07, 6.45) is 1.94. The van der Waals surface area contributed by atoms with Crippen LogP contribution in [0.2, 0.25) is 0 Å². The monoisotopic (exact) mass is 844 g/mol. The number of fused-ring (bicyclic) bond motifs is 1. The van der Waals surface area contributed by atoms with Crippen molar-refractivity contribution < 1.29 is 33.6 Å². The predicted molar refractivity (Wildman–Crippen MR) is 234 cm³/mol. The summed E-state index contributed by atoms with van der Waals surface area (Å²) in [5, 5.41) is 11.7. The lowest BCUT2D eigenvalue weighted by molar-refractivity contribution is -0.149. The highest BCUT2D eigenvalue weighted by Gasteiger charge is 2.44. The van der Waals surface area contributed by atoms with Crippen LogP contribution in [0, 0.1) is 23.7 Å². The molecule has 4 N–H and O–H groups in total. The molecule has 2 aliphatic heterocycles. The normalized spacial score (nSPS) is 26.1. The second-order valence-corrected chi connectivity index (χ2v) is 18.0. The van der Waals surface area contributed by atoms with Gasteiger partial charge in [-0.15, -0.1) is 0 Å². The summed E-state index contributed by atoms with van der Waals surface area (Å²) in [4.78, 5) is 106. The van der Waals surface area contributed by atoms with Gasteiger partial charge in [0.15, 0.2) is 0 Å². The molecule has 2 saturated heterocycles. The molecule has 14 heteroatoms. The Morgan fingerprint density at radius 2 is 1.03 bits per heavy atom. The van der Waals surface area contributed by atoms with Crippen LogP contribution in [0.25, 0.3) is 0 Å². The Balaban J connectivity index is 1.87. The molecule has 5 unspecified atom stereocenters. The second-order valence-electron chi connectivity index (χ2n) is 18.0. The molecule has 4 rings (SSSR count). The zero-order valence-corrected chi connectivity index (χ0v) is 37.8. The van der Waals surface area contributed by atoms with Crippen LogP contribution in [-0.2, 0) is 46.4 Å². The van der Waals surface area contributed by atoms with E-state index in [4.69, 9.17) is 0 Å². The molecule has 0 spiro atoms. The number of hydrogen-bond acceptors (Lipinski definition) is 7. The number of carbonyl (C=O) groups excluding carboxylic acids is 7. The number of amides is 7. The number of likely N-dealkylation sites (N-methyl/N-ethyl adjacent to an activating group) is 2. The molecule has 0 bridgehead atoms. The highest BCUT2D eigenvalue weighted by atomic mass is 16.2. The maximum Gasteiger partial charge on any atom is 0.245 e. The smallest absolute Gasteiger partial charge is 0.245 e. The van der Waals surface area contributed by atoms with Crippen LogP contribution in [0.4, 0.5) is 0 Å². The first kappa shape index (κ1) is 48.4. The second kappa shape index (κ2) is 22.0. The van der Waals surface area contributed by atoms with Crippen LogP contribution >= 0.6 is 0 Å². The van der Waals surface area contributed by atoms with Crippen LogP contribution in [0.5, 0.6) is 0 Å². The predicted octanol–water partition coefficient (Wildman–Crippen LogP) is 3.47. The van der Waals surface area contributed by atoms with Crippen LogP contribution in [0.1, 0.15) is 92.2 Å². The Morgan fingerprint density at radius 1 is 0.574 bits per heavy atom. The first-order chi connectivity index (χ1) is 28.9. The third kappa shape index (κ3) is 12.4. The molecule has 14 nitrogen and oxygen atoms in total. The van der Waals surface area contributed by atoms with Crippen molar-refractivity contribution >= 4 is 41.4 Å². The van der Waals surface area contributed by atoms with E-state index >= 15 is 0 Å². The fourth-order valence-corrected chi connectivity index (χ4v) is 8.18. The molecule has 7 amide bonds. The van der Waals surface area contributed by atoms with Crippen molar-refractivity contribution in [3.8, 4) is 0 Å². The zero-order chi connectivity index (χ0) is 45.1. The summed E-state index contributed by atoms with van der Waals surface area (Å²) >= 11 is 0. The maximum absolute atomic E-state index is 14.7. The minimum atomic E-state index is -1.09. The van der Waals surface area contributed by atoms with Crippen LogP contribution in [-0.4, -0.2) is 119 Å². The lowest BCUT2D eigenvalue weighted by Gasteiger charge is -2.36. The molecular weight excluding hydrogens is 775 g/mol. The van der Waals surface area contributed by atoms with Gasteiger partial charge in [0.2, 0.25) is 41.4 Å². The fraction of sp³-hybridized carbons (Fsp3) is 0.596. The van der Waals surface area contributed by atoms with E-state index in [1.54, 1.807) is 34.7 Å². The van der Waals surface area contributed by atoms with E-state index < -0.39 is 95.5 Å². The largest absolute Gasteiger partial charge is 0.342 e. The van der Waals surface area contributed by atoms with Crippen molar-refractivity contribution in [2.45, 2.75) is 136 Å². The molecule has 61 heavy (non-hydrogen) atoms. The molecule has 0 aromatic heterocycles. The Bertz CT molecular complexity index is 1840. The fourth-order valence-electron chi connectivity index (χ4n) is 8.18. The average Bonchev–Trinajstić information content (AvgIpc) is 3.73. The molecule has 2 aromatic rings. The van der Waals surface area contributed by atoms with Crippen molar-refractivity contribution in [3.63, 3.8) is 0 Å². The molecule has 0 saturated carbocycles. The summed E-state index contributed by atoms with van der Waals surface area (Å²) in [5.74, 6) is -4.91. The zero-order valence-electron chi connectivity index (χ0n) is 37.8. The third-order valence-electron chi connectivity index (χ3n) is 12.2. The Morgan fingerprint density at radius 3 is 1.52 bits per heavy atom. The molecule has 2 aliphatic rings. The van der Waals surface area contributed by atoms with Crippen molar-refractivity contribution in [2.75, 3.05) is 20.6 Å². The van der Waals surface area contributed by atoms with Gasteiger partial charge in [-0.25, -0.2) is 0 Å². The van der Waals surface area contributed by atoms with E-state index in [-0.39, 0.29) is 37.6 Å². The number of nitrogens with zero attached hydrogens (tertiary/aromatic N) is 3. The molecule has 2 fully saturated rings. The lowest BCUT2D eigenvalue weighted by Crippen LogP contribution is -2.62. The van der Waals surface area contributed by atoms with E-state index in [1.165, 1.54) is 21.7 Å². The van der Waals surface area contributed by atoms with E-state index in [9.17, 15) is 33.6 Å². The van der Waals surface area contributed by atoms with Gasteiger partial charge in [0.1, 0.15) is 42.3 Å². The van der Waals surface area contributed by atoms with Crippen LogP contribution in [0.15, 0.2) is 60.7 Å². The van der Waals surface area contributed by atoms with Gasteiger partial charge in [-0.1, -0.05) is 122 Å². The first-order valence-corrected chi connectivity index (χ1v) is 22.0. The lowest BCUT2D eigenvalue weighted by atomic mass is 9.95. The first-order valence-electron chi connectivity index (χ1n) is 22.0. The van der Waals surface area contributed by atoms with Crippen LogP contribution < -0.4 is 21.3 Å². The summed E-state index contributed by atoms with van der Waals surface area (Å²) in [6.45, 7) is 15.0. The Kier molecular flexibility index (Phi) is 17.5. The molecule has 0 aliphatic carbocycles. The highest BCUT2D eigenvalue weighted by molar-refractivity contribution is 5.99. The van der Waals surface area contributed by atoms with Crippen LogP contribution in [0.3, 0.4) is 0 Å². The van der Waals surface area contributed by atoms with Gasteiger partial charge in [-0.2, -0.15) is 0 Å². The average molecular weight is 844 g/mol. The van der Waals surface area contributed by atoms with Gasteiger partial charge < -0.3 is 36.0 Å². The van der Waals surface area contributed by atoms with Gasteiger partial charge in [-0.05, 0) is 54.1 Å². The Hall–Kier alpha value is -5.27. The van der Waals surface area contributed by atoms with Gasteiger partial charge >= 0.3 is 0 Å². The third-order valence-corrected chi connectivity index (χ3v) is 12.2. The van der Waals surface area contributed by atoms with Crippen molar-refractivity contribution in [2.24, 2.45) is 23.7 Å². The SMILES string of the molecule is CCC(C)[C@H]1NC(=O)C(Cc2ccccc2)N(C)C(=O)[C@@H]2CCCN2C(=O)[C@H](CC(C)C)NC(=O)C(Cc2ccccc2)N(C)C(=O)C(C(C)C)NC(=O)C(C(C)C)NC1=O. The maximum atomic E-state index is 14.7. The minimum absolute atomic E-state index is 0.0294. The van der Waals surface area contributed by atoms with Gasteiger partial charge in [0.05, 0.1) is 0 Å². The summed E-state index contributed by atoms with van der Waals surface area (Å²) < 4.78 is 0. The topological polar surface area (TPSA) is 177 Å². The number of nitrogens with one attached hydrogen (secondary N) is 4. The minimum Gasteiger partial charge on any atom is -0.342 e. The van der Waals surface area contributed by atoms with Gasteiger partial charge in [0.25, 0.3) is 0 Å². The van der Waals surface area contributed by atoms with Gasteiger partial charge in [-0.3, -0.25) is 33.6 Å². The summed E-state index contributed by atoms with van der Waals surface area (Å²) in [5.41, 5.74) is 1.57. The molecular formula is C47H69N7O7. The standard InChI is InChI=1S/C47H69N7O7/c1-11-31(8)40-44(58)49-38(29(4)5)43(57)50-39(30(6)7)47(61)53(10)36(26-32-19-14-12-15-20-32)41(55)48-34(25-28(2)3)45(59)54-24-18-23-35(54)46(60)52(9)37(42(56)51-40)27-33-21-16-13-17-22-33/h12-17,19-22,28-31,34-40H,11,18,23-27H2,1-10H3,(H,48,55)(H,49,58)(H,50,57)(H,51,56)/t31?,34-,35-,36?,37?,38?,39?,40+/m0/s1. The molecule has 334 valence electrons. The Labute approximate surface area is 362 Å². The summed E-state index contributed by atoms with van der Waals surface area (Å²) in [6, 6.07) is 11.2. The van der Waals surface area contributed by atoms with Crippen molar-refractivity contribution in [1.82, 2.24) is 36.0 Å². The molecule has 8 atom stereocenters. The van der Waals surface area contributed by atoms with Crippen molar-refractivity contribution in [1.29, 1.82) is 0 Å². The number of carbonyl (C=O) groups is 7. The van der Waals surface area contributed by atoms with E-state index in [1.807, 2.05) is 88.4 Å². The summed E-state index contributed by atoms with van der Waals surface area (Å²) in [7, 11) is 3.06. The molecule has 0 radical (unpaired) electrons. The molecule has 2 heterocycles. The highest BCUT2D eigenvalue weighted by Crippen LogP contribution is 2.25. The number of hydrogen-bond donors (Lipinski definition) is 4. The van der Waals surface area contributed by atoms with E-state index in [0.29, 0.717) is 19.3 Å². The van der Waals surface area contributed by atoms with Gasteiger partial charge in [0, 0.05) is 33.5 Å². The quantitative estimate of drug-likeness (QED) is 0.283. The van der Waals surface area contributed by atoms with E-state index in [0.717, 1.165) is 11.1 Å².